The van der Waals surface area contributed by atoms with Gasteiger partial charge in [0.05, 0.1) is 12.5 Å². The van der Waals surface area contributed by atoms with E-state index >= 15 is 0 Å². The fraction of sp³-hybridized carbons (Fsp3) is 0.500. The lowest BCUT2D eigenvalue weighted by molar-refractivity contribution is -0.156. The Kier molecular flexibility index (Phi) is 4.82. The number of aliphatic hydroxyl groups excluding tert-OH is 1. The van der Waals surface area contributed by atoms with Crippen LogP contribution in [-0.4, -0.2) is 23.3 Å². The molecular weight excluding hydrogens is 331 g/mol. The maximum absolute atomic E-state index is 13.3. The van der Waals surface area contributed by atoms with Gasteiger partial charge in [0.1, 0.15) is 11.9 Å². The normalized spacial score (nSPS) is 27.8. The van der Waals surface area contributed by atoms with Crippen molar-refractivity contribution >= 4 is 11.5 Å². The summed E-state index contributed by atoms with van der Waals surface area (Å²) in [6.45, 7) is 8.90. The number of esters is 1. The van der Waals surface area contributed by atoms with Gasteiger partial charge < -0.3 is 9.84 Å². The molecule has 0 bridgehead atoms. The van der Waals surface area contributed by atoms with Crippen LogP contribution in [0.25, 0.3) is 5.57 Å². The first-order valence-electron chi connectivity index (χ1n) is 9.15. The van der Waals surface area contributed by atoms with Crippen LogP contribution in [0.15, 0.2) is 42.0 Å². The average molecular weight is 358 g/mol. The molecular formula is C22H27FO3. The largest absolute Gasteiger partial charge is 0.458 e. The minimum atomic E-state index is -0.649. The third kappa shape index (κ3) is 3.48. The van der Waals surface area contributed by atoms with Crippen LogP contribution in [0.4, 0.5) is 4.39 Å². The van der Waals surface area contributed by atoms with Crippen LogP contribution in [0.2, 0.25) is 0 Å². The number of aliphatic hydroxyl groups is 1. The number of carbonyl (C=O) groups is 1. The Morgan fingerprint density at radius 1 is 1.19 bits per heavy atom. The average Bonchev–Trinajstić information content (AvgIpc) is 2.71. The Labute approximate surface area is 154 Å². The van der Waals surface area contributed by atoms with Gasteiger partial charge in [-0.3, -0.25) is 4.79 Å². The minimum absolute atomic E-state index is 0.0408. The Balaban J connectivity index is 1.97. The van der Waals surface area contributed by atoms with Crippen molar-refractivity contribution in [3.8, 4) is 0 Å². The number of cyclic esters (lactones) is 1. The van der Waals surface area contributed by atoms with Crippen molar-refractivity contribution in [1.29, 1.82) is 0 Å². The molecule has 0 unspecified atom stereocenters. The molecule has 0 saturated carbocycles. The molecule has 26 heavy (non-hydrogen) atoms. The zero-order valence-corrected chi connectivity index (χ0v) is 15.9. The molecule has 3 nitrogen and oxygen atoms in total. The van der Waals surface area contributed by atoms with Gasteiger partial charge >= 0.3 is 5.97 Å². The highest BCUT2D eigenvalue weighted by Crippen LogP contribution is 2.58. The van der Waals surface area contributed by atoms with E-state index in [9.17, 15) is 14.3 Å². The number of rotatable bonds is 3. The molecule has 2 atom stereocenters. The summed E-state index contributed by atoms with van der Waals surface area (Å²) in [6, 6.07) is 6.61. The zero-order chi connectivity index (χ0) is 19.1. The second-order valence-electron chi connectivity index (χ2n) is 8.57. The summed E-state index contributed by atoms with van der Waals surface area (Å²) in [6.07, 6.45) is 4.22. The summed E-state index contributed by atoms with van der Waals surface area (Å²) in [5.74, 6) is -0.608. The van der Waals surface area contributed by atoms with E-state index < -0.39 is 12.2 Å². The fourth-order valence-electron chi connectivity index (χ4n) is 3.85. The van der Waals surface area contributed by atoms with Crippen molar-refractivity contribution in [2.24, 2.45) is 10.8 Å². The smallest absolute Gasteiger partial charge is 0.309 e. The molecule has 1 aromatic rings. The van der Waals surface area contributed by atoms with Crippen molar-refractivity contribution < 1.29 is 19.0 Å². The Bertz CT molecular complexity index is 756. The minimum Gasteiger partial charge on any atom is -0.458 e. The summed E-state index contributed by atoms with van der Waals surface area (Å²) >= 11 is 0. The van der Waals surface area contributed by atoms with Gasteiger partial charge in [-0.25, -0.2) is 4.39 Å². The quantitative estimate of drug-likeness (QED) is 0.800. The fourth-order valence-corrected chi connectivity index (χ4v) is 3.85. The van der Waals surface area contributed by atoms with Gasteiger partial charge in [-0.1, -0.05) is 45.9 Å². The molecule has 0 aromatic heterocycles. The van der Waals surface area contributed by atoms with Gasteiger partial charge in [0, 0.05) is 6.42 Å². The summed E-state index contributed by atoms with van der Waals surface area (Å²) in [5.41, 5.74) is 3.33. The third-order valence-corrected chi connectivity index (χ3v) is 6.17. The molecule has 1 saturated heterocycles. The van der Waals surface area contributed by atoms with E-state index in [-0.39, 0.29) is 29.0 Å². The lowest BCUT2D eigenvalue weighted by atomic mass is 9.67. The lowest BCUT2D eigenvalue weighted by Gasteiger charge is -2.37. The van der Waals surface area contributed by atoms with E-state index in [2.05, 4.69) is 27.7 Å². The van der Waals surface area contributed by atoms with E-state index in [4.69, 9.17) is 4.74 Å². The van der Waals surface area contributed by atoms with Crippen LogP contribution >= 0.6 is 0 Å². The van der Waals surface area contributed by atoms with E-state index in [1.54, 1.807) is 0 Å². The molecule has 0 amide bonds. The van der Waals surface area contributed by atoms with E-state index in [1.165, 1.54) is 23.3 Å². The number of allylic oxidation sites excluding steroid dienone is 3. The van der Waals surface area contributed by atoms with Crippen LogP contribution in [-0.2, 0) is 9.53 Å². The molecule has 1 fully saturated rings. The van der Waals surface area contributed by atoms with Crippen molar-refractivity contribution in [1.82, 2.24) is 0 Å². The summed E-state index contributed by atoms with van der Waals surface area (Å²) in [7, 11) is 0. The number of hydrogen-bond donors (Lipinski definition) is 1. The van der Waals surface area contributed by atoms with Crippen LogP contribution in [0.3, 0.4) is 0 Å². The molecule has 1 aliphatic heterocycles. The number of halogens is 1. The lowest BCUT2D eigenvalue weighted by Crippen LogP contribution is -2.31. The first-order valence-corrected chi connectivity index (χ1v) is 9.15. The van der Waals surface area contributed by atoms with Gasteiger partial charge in [-0.2, -0.15) is 0 Å². The van der Waals surface area contributed by atoms with Gasteiger partial charge in [0.2, 0.25) is 0 Å². The van der Waals surface area contributed by atoms with Gasteiger partial charge in [-0.15, -0.1) is 0 Å². The van der Waals surface area contributed by atoms with Crippen LogP contribution in [0.1, 0.15) is 52.5 Å². The molecule has 1 aromatic carbocycles. The monoisotopic (exact) mass is 358 g/mol. The zero-order valence-electron chi connectivity index (χ0n) is 15.9. The molecule has 1 heterocycles. The molecule has 0 spiro atoms. The summed E-state index contributed by atoms with van der Waals surface area (Å²) in [4.78, 5) is 11.6. The highest BCUT2D eigenvalue weighted by atomic mass is 19.1. The SMILES string of the molecule is CC1(C)CC(c2ccc(F)cc2)=C(/C=C/[C@H]2C[C@H](O)CC(=O)O2)C1(C)C. The predicted octanol–water partition coefficient (Wildman–Crippen LogP) is 4.66. The first-order chi connectivity index (χ1) is 12.1. The summed E-state index contributed by atoms with van der Waals surface area (Å²) < 4.78 is 18.7. The van der Waals surface area contributed by atoms with Crippen molar-refractivity contribution in [3.05, 3.63) is 53.4 Å². The standard InChI is InChI=1S/C22H27FO3/c1-21(2)13-18(14-5-7-15(23)8-6-14)19(22(21,3)4)10-9-17-11-16(24)12-20(25)26-17/h5-10,16-17,24H,11-13H2,1-4H3/b10-9+/t16-,17-/m0/s1. The van der Waals surface area contributed by atoms with Crippen LogP contribution in [0.5, 0.6) is 0 Å². The van der Waals surface area contributed by atoms with Crippen molar-refractivity contribution in [3.63, 3.8) is 0 Å². The van der Waals surface area contributed by atoms with E-state index in [1.807, 2.05) is 24.3 Å². The highest BCUT2D eigenvalue weighted by Gasteiger charge is 2.46. The van der Waals surface area contributed by atoms with Gasteiger partial charge in [0.25, 0.3) is 0 Å². The second-order valence-corrected chi connectivity index (χ2v) is 8.57. The molecule has 1 aliphatic carbocycles. The number of benzene rings is 1. The predicted molar refractivity (Wildman–Crippen MR) is 99.8 cm³/mol. The molecule has 140 valence electrons. The number of hydrogen-bond acceptors (Lipinski definition) is 3. The van der Waals surface area contributed by atoms with Crippen LogP contribution < -0.4 is 0 Å². The molecule has 0 radical (unpaired) electrons. The summed E-state index contributed by atoms with van der Waals surface area (Å²) in [5, 5.41) is 9.80. The molecule has 2 aliphatic rings. The van der Waals surface area contributed by atoms with E-state index in [0.29, 0.717) is 6.42 Å². The van der Waals surface area contributed by atoms with Crippen molar-refractivity contribution in [2.75, 3.05) is 0 Å². The molecule has 3 rings (SSSR count). The Hall–Kier alpha value is -1.94. The topological polar surface area (TPSA) is 46.5 Å². The maximum Gasteiger partial charge on any atom is 0.309 e. The first kappa shape index (κ1) is 18.8. The Morgan fingerprint density at radius 2 is 1.85 bits per heavy atom. The van der Waals surface area contributed by atoms with Crippen molar-refractivity contribution in [2.45, 2.75) is 59.2 Å². The second kappa shape index (κ2) is 6.66. The maximum atomic E-state index is 13.3. The van der Waals surface area contributed by atoms with Gasteiger partial charge in [-0.05, 0) is 52.2 Å². The van der Waals surface area contributed by atoms with Crippen LogP contribution in [0, 0.1) is 16.6 Å². The Morgan fingerprint density at radius 3 is 2.46 bits per heavy atom. The molecule has 4 heteroatoms. The molecule has 1 N–H and O–H groups in total. The number of ether oxygens (including phenoxy) is 1. The highest BCUT2D eigenvalue weighted by molar-refractivity contribution is 5.76. The number of carbonyl (C=O) groups excluding carboxylic acids is 1. The van der Waals surface area contributed by atoms with Gasteiger partial charge in [0.15, 0.2) is 0 Å². The van der Waals surface area contributed by atoms with E-state index in [0.717, 1.165) is 12.0 Å². The third-order valence-electron chi connectivity index (χ3n) is 6.17.